The fourth-order valence-corrected chi connectivity index (χ4v) is 2.80. The van der Waals surface area contributed by atoms with Crippen molar-refractivity contribution in [2.75, 3.05) is 13.1 Å². The van der Waals surface area contributed by atoms with E-state index >= 15 is 0 Å². The molecule has 1 N–H and O–H groups in total. The Morgan fingerprint density at radius 2 is 2.60 bits per heavy atom. The minimum atomic E-state index is 0.129. The summed E-state index contributed by atoms with van der Waals surface area (Å²) in [6.45, 7) is 7.15. The Morgan fingerprint density at radius 1 is 1.87 bits per heavy atom. The summed E-state index contributed by atoms with van der Waals surface area (Å²) in [7, 11) is 0. The van der Waals surface area contributed by atoms with Gasteiger partial charge in [-0.1, -0.05) is 30.1 Å². The molecule has 0 bridgehead atoms. The number of nitrogens with one attached hydrogen (secondary N) is 1. The first kappa shape index (κ1) is 12.5. The predicted octanol–water partition coefficient (Wildman–Crippen LogP) is 1.75. The molecule has 0 aromatic carbocycles. The fourth-order valence-electron chi connectivity index (χ4n) is 1.47. The quantitative estimate of drug-likeness (QED) is 0.603. The van der Waals surface area contributed by atoms with E-state index in [1.165, 1.54) is 11.8 Å². The van der Waals surface area contributed by atoms with Crippen LogP contribution in [0.5, 0.6) is 0 Å². The highest BCUT2D eigenvalue weighted by Gasteiger charge is 2.25. The molecule has 3 nitrogen and oxygen atoms in total. The molecular weight excluding hydrogens is 228 g/mol. The van der Waals surface area contributed by atoms with E-state index < -0.39 is 0 Å². The highest BCUT2D eigenvalue weighted by Crippen LogP contribution is 2.21. The summed E-state index contributed by atoms with van der Waals surface area (Å²) in [6, 6.07) is 0. The summed E-state index contributed by atoms with van der Waals surface area (Å²) in [4.78, 5) is 13.3. The molecule has 0 spiro atoms. The second-order valence-electron chi connectivity index (χ2n) is 3.36. The van der Waals surface area contributed by atoms with Gasteiger partial charge in [-0.3, -0.25) is 4.79 Å². The molecule has 1 rings (SSSR count). The molecule has 0 aromatic rings. The molecule has 15 heavy (non-hydrogen) atoms. The van der Waals surface area contributed by atoms with Crippen molar-refractivity contribution >= 4 is 34.2 Å². The van der Waals surface area contributed by atoms with Gasteiger partial charge in [0.25, 0.3) is 0 Å². The standard InChI is InChI=1S/C10H16N2OS2/c1-3-6-11-10(14)15-8(2)12-7-4-5-9(12)13/h3,8H,1,4-7H2,2H3,(H,11,14). The Morgan fingerprint density at radius 3 is 3.13 bits per heavy atom. The maximum absolute atomic E-state index is 11.4. The second kappa shape index (κ2) is 6.12. The maximum Gasteiger partial charge on any atom is 0.223 e. The van der Waals surface area contributed by atoms with E-state index in [2.05, 4.69) is 11.9 Å². The Balaban J connectivity index is 2.34. The largest absolute Gasteiger partial charge is 0.367 e. The second-order valence-corrected chi connectivity index (χ2v) is 5.36. The van der Waals surface area contributed by atoms with Crippen molar-refractivity contribution in [2.24, 2.45) is 0 Å². The summed E-state index contributed by atoms with van der Waals surface area (Å²) in [5.41, 5.74) is 0. The molecule has 0 radical (unpaired) electrons. The third-order valence-corrected chi connectivity index (χ3v) is 3.60. The van der Waals surface area contributed by atoms with E-state index in [9.17, 15) is 4.79 Å². The van der Waals surface area contributed by atoms with E-state index in [0.29, 0.717) is 13.0 Å². The zero-order chi connectivity index (χ0) is 11.3. The van der Waals surface area contributed by atoms with Gasteiger partial charge in [-0.15, -0.1) is 6.58 Å². The van der Waals surface area contributed by atoms with Crippen molar-refractivity contribution in [1.29, 1.82) is 0 Å². The van der Waals surface area contributed by atoms with E-state index in [0.717, 1.165) is 17.3 Å². The number of rotatable bonds is 4. The number of carbonyl (C=O) groups is 1. The number of thioether (sulfide) groups is 1. The number of thiocarbonyl (C=S) groups is 1. The minimum Gasteiger partial charge on any atom is -0.367 e. The minimum absolute atomic E-state index is 0.129. The van der Waals surface area contributed by atoms with Crippen molar-refractivity contribution in [2.45, 2.75) is 25.1 Å². The molecule has 1 atom stereocenters. The van der Waals surface area contributed by atoms with Crippen LogP contribution >= 0.6 is 24.0 Å². The molecule has 1 aliphatic rings. The van der Waals surface area contributed by atoms with Gasteiger partial charge >= 0.3 is 0 Å². The fraction of sp³-hybridized carbons (Fsp3) is 0.600. The van der Waals surface area contributed by atoms with Crippen LogP contribution in [0, 0.1) is 0 Å². The molecule has 1 unspecified atom stereocenters. The Labute approximate surface area is 100 Å². The van der Waals surface area contributed by atoms with Crippen molar-refractivity contribution in [3.8, 4) is 0 Å². The van der Waals surface area contributed by atoms with Crippen LogP contribution in [0.2, 0.25) is 0 Å². The van der Waals surface area contributed by atoms with Gasteiger partial charge in [0.15, 0.2) is 0 Å². The first-order chi connectivity index (χ1) is 7.15. The van der Waals surface area contributed by atoms with Gasteiger partial charge in [0.2, 0.25) is 5.91 Å². The Kier molecular flexibility index (Phi) is 5.11. The van der Waals surface area contributed by atoms with Crippen LogP contribution in [-0.4, -0.2) is 33.6 Å². The van der Waals surface area contributed by atoms with Crippen LogP contribution in [0.3, 0.4) is 0 Å². The first-order valence-corrected chi connectivity index (χ1v) is 6.28. The zero-order valence-corrected chi connectivity index (χ0v) is 10.5. The van der Waals surface area contributed by atoms with Crippen molar-refractivity contribution in [1.82, 2.24) is 10.2 Å². The Hall–Kier alpha value is -0.550. The van der Waals surface area contributed by atoms with E-state index in [1.807, 2.05) is 11.8 Å². The van der Waals surface area contributed by atoms with Crippen LogP contribution in [-0.2, 0) is 4.79 Å². The lowest BCUT2D eigenvalue weighted by Gasteiger charge is -2.23. The number of hydrogen-bond acceptors (Lipinski definition) is 3. The van der Waals surface area contributed by atoms with Crippen molar-refractivity contribution < 1.29 is 4.79 Å². The normalized spacial score (nSPS) is 17.7. The van der Waals surface area contributed by atoms with E-state index in [4.69, 9.17) is 12.2 Å². The molecule has 0 aromatic heterocycles. The first-order valence-electron chi connectivity index (χ1n) is 5.00. The van der Waals surface area contributed by atoms with Gasteiger partial charge in [0.05, 0.1) is 5.37 Å². The molecule has 1 heterocycles. The number of nitrogens with zero attached hydrogens (tertiary/aromatic N) is 1. The molecule has 1 fully saturated rings. The molecule has 1 saturated heterocycles. The topological polar surface area (TPSA) is 32.3 Å². The van der Waals surface area contributed by atoms with Crippen LogP contribution in [0.4, 0.5) is 0 Å². The summed E-state index contributed by atoms with van der Waals surface area (Å²) in [5.74, 6) is 0.238. The molecule has 84 valence electrons. The SMILES string of the molecule is C=CCNC(=S)SC(C)N1CCCC1=O. The maximum atomic E-state index is 11.4. The molecular formula is C10H16N2OS2. The number of hydrogen-bond donors (Lipinski definition) is 1. The third kappa shape index (κ3) is 3.83. The van der Waals surface area contributed by atoms with Gasteiger partial charge in [-0.25, -0.2) is 0 Å². The molecule has 1 aliphatic heterocycles. The third-order valence-electron chi connectivity index (χ3n) is 2.22. The average Bonchev–Trinajstić information content (AvgIpc) is 2.61. The van der Waals surface area contributed by atoms with Gasteiger partial charge < -0.3 is 10.2 Å². The highest BCUT2D eigenvalue weighted by atomic mass is 32.2. The Bertz CT molecular complexity index is 268. The van der Waals surface area contributed by atoms with Crippen molar-refractivity contribution in [3.63, 3.8) is 0 Å². The van der Waals surface area contributed by atoms with Crippen LogP contribution in [0.25, 0.3) is 0 Å². The molecule has 1 amide bonds. The highest BCUT2D eigenvalue weighted by molar-refractivity contribution is 8.23. The lowest BCUT2D eigenvalue weighted by Crippen LogP contribution is -2.34. The lowest BCUT2D eigenvalue weighted by atomic mass is 10.4. The number of carbonyl (C=O) groups excluding carboxylic acids is 1. The molecule has 0 saturated carbocycles. The lowest BCUT2D eigenvalue weighted by molar-refractivity contribution is -0.128. The summed E-state index contributed by atoms with van der Waals surface area (Å²) < 4.78 is 0.724. The van der Waals surface area contributed by atoms with E-state index in [1.54, 1.807) is 6.08 Å². The van der Waals surface area contributed by atoms with Gasteiger partial charge in [0, 0.05) is 19.5 Å². The van der Waals surface area contributed by atoms with Gasteiger partial charge in [0.1, 0.15) is 4.32 Å². The van der Waals surface area contributed by atoms with Crippen LogP contribution < -0.4 is 5.32 Å². The number of likely N-dealkylation sites (tertiary alicyclic amines) is 1. The van der Waals surface area contributed by atoms with E-state index in [-0.39, 0.29) is 11.3 Å². The van der Waals surface area contributed by atoms with Crippen LogP contribution in [0.1, 0.15) is 19.8 Å². The summed E-state index contributed by atoms with van der Waals surface area (Å²) in [6.07, 6.45) is 3.41. The molecule has 5 heteroatoms. The van der Waals surface area contributed by atoms with Crippen molar-refractivity contribution in [3.05, 3.63) is 12.7 Å². The predicted molar refractivity (Wildman–Crippen MR) is 68.8 cm³/mol. The number of amides is 1. The summed E-state index contributed by atoms with van der Waals surface area (Å²) in [5, 5.41) is 3.17. The van der Waals surface area contributed by atoms with Gasteiger partial charge in [-0.05, 0) is 13.3 Å². The smallest absolute Gasteiger partial charge is 0.223 e. The molecule has 0 aliphatic carbocycles. The summed E-state index contributed by atoms with van der Waals surface area (Å²) >= 11 is 6.65. The monoisotopic (exact) mass is 244 g/mol. The van der Waals surface area contributed by atoms with Crippen LogP contribution in [0.15, 0.2) is 12.7 Å². The zero-order valence-electron chi connectivity index (χ0n) is 8.86. The average molecular weight is 244 g/mol. The van der Waals surface area contributed by atoms with Gasteiger partial charge in [-0.2, -0.15) is 0 Å².